The highest BCUT2D eigenvalue weighted by Gasteiger charge is 2.56. The summed E-state index contributed by atoms with van der Waals surface area (Å²) in [5.41, 5.74) is 0.217. The number of likely N-dealkylation sites (tertiary alicyclic amines) is 1. The lowest BCUT2D eigenvalue weighted by Crippen LogP contribution is -2.52. The summed E-state index contributed by atoms with van der Waals surface area (Å²) in [7, 11) is 1.48. The van der Waals surface area contributed by atoms with Gasteiger partial charge in [0.2, 0.25) is 11.8 Å². The Bertz CT molecular complexity index is 1550. The van der Waals surface area contributed by atoms with E-state index in [4.69, 9.17) is 0 Å². The molecule has 2 aromatic carbocycles. The molecule has 2 aliphatic heterocycles. The number of fused-ring (bicyclic) bond motifs is 3. The number of rotatable bonds is 4. The second-order valence-electron chi connectivity index (χ2n) is 11.6. The zero-order chi connectivity index (χ0) is 28.3. The number of benzene rings is 2. The number of nitrogens with zero attached hydrogens (tertiary/aromatic N) is 3. The number of aromatic nitrogens is 1. The van der Waals surface area contributed by atoms with Gasteiger partial charge in [-0.05, 0) is 41.7 Å². The second-order valence-corrected chi connectivity index (χ2v) is 11.6. The first-order valence-electron chi connectivity index (χ1n) is 12.7. The molecular formula is C29H29F2N5O3. The molecule has 10 heteroatoms. The van der Waals surface area contributed by atoms with Crippen molar-refractivity contribution in [1.29, 1.82) is 5.26 Å². The molecule has 3 heterocycles. The van der Waals surface area contributed by atoms with Crippen molar-refractivity contribution in [3.8, 4) is 6.07 Å². The Kier molecular flexibility index (Phi) is 6.21. The number of anilines is 1. The van der Waals surface area contributed by atoms with Gasteiger partial charge in [0.1, 0.15) is 17.8 Å². The van der Waals surface area contributed by atoms with E-state index in [1.807, 2.05) is 39.0 Å². The molecule has 8 nitrogen and oxygen atoms in total. The van der Waals surface area contributed by atoms with Crippen molar-refractivity contribution in [3.63, 3.8) is 0 Å². The first kappa shape index (κ1) is 26.4. The maximum Gasteiger partial charge on any atom is 0.270 e. The first-order chi connectivity index (χ1) is 18.4. The molecule has 0 bridgehead atoms. The van der Waals surface area contributed by atoms with Crippen molar-refractivity contribution in [1.82, 2.24) is 14.8 Å². The van der Waals surface area contributed by atoms with Crippen LogP contribution in [0.5, 0.6) is 0 Å². The lowest BCUT2D eigenvalue weighted by Gasteiger charge is -2.35. The summed E-state index contributed by atoms with van der Waals surface area (Å²) in [6, 6.07) is 11.1. The van der Waals surface area contributed by atoms with Gasteiger partial charge in [-0.1, -0.05) is 39.0 Å². The Morgan fingerprint density at radius 2 is 1.95 bits per heavy atom. The molecule has 2 N–H and O–H groups in total. The van der Waals surface area contributed by atoms with Crippen molar-refractivity contribution in [2.75, 3.05) is 18.9 Å². The maximum absolute atomic E-state index is 14.3. The summed E-state index contributed by atoms with van der Waals surface area (Å²) in [6.07, 6.45) is 0.409. The minimum absolute atomic E-state index is 0.00235. The number of amides is 3. The third-order valence-corrected chi connectivity index (χ3v) is 7.72. The second kappa shape index (κ2) is 9.19. The molecule has 1 fully saturated rings. The third kappa shape index (κ3) is 4.32. The highest BCUT2D eigenvalue weighted by molar-refractivity contribution is 6.07. The first-order valence-corrected chi connectivity index (χ1v) is 12.7. The van der Waals surface area contributed by atoms with Crippen molar-refractivity contribution < 1.29 is 23.2 Å². The molecule has 1 saturated heterocycles. The lowest BCUT2D eigenvalue weighted by atomic mass is 9.80. The Hall–Kier alpha value is -4.26. The number of likely N-dealkylation sites (N-methyl/N-ethyl adjacent to an activating group) is 1. The van der Waals surface area contributed by atoms with E-state index in [1.54, 1.807) is 6.07 Å². The van der Waals surface area contributed by atoms with Crippen molar-refractivity contribution in [3.05, 3.63) is 65.4 Å². The SMILES string of the molecule is CN(C(=O)c1cc2c(F)c(F)ccc2[nH]1)C(CC(C)(C)C)C(=O)N1C[C@]2(C[C@H]1C#N)C(=O)Nc1ccccc12. The number of carbonyl (C=O) groups is 3. The minimum Gasteiger partial charge on any atom is -0.350 e. The number of H-pyrrole nitrogens is 1. The average molecular weight is 534 g/mol. The lowest BCUT2D eigenvalue weighted by molar-refractivity contribution is -0.137. The molecule has 1 unspecified atom stereocenters. The predicted molar refractivity (Wildman–Crippen MR) is 141 cm³/mol. The van der Waals surface area contributed by atoms with Gasteiger partial charge in [0.25, 0.3) is 5.91 Å². The molecular weight excluding hydrogens is 504 g/mol. The van der Waals surface area contributed by atoms with E-state index in [-0.39, 0.29) is 47.3 Å². The van der Waals surface area contributed by atoms with E-state index in [0.29, 0.717) is 5.69 Å². The molecule has 1 spiro atoms. The van der Waals surface area contributed by atoms with Crippen molar-refractivity contribution in [2.24, 2.45) is 5.41 Å². The molecule has 1 aromatic heterocycles. The normalized spacial score (nSPS) is 21.1. The van der Waals surface area contributed by atoms with Crippen LogP contribution in [0, 0.1) is 28.4 Å². The van der Waals surface area contributed by atoms with E-state index in [0.717, 1.165) is 11.6 Å². The highest BCUT2D eigenvalue weighted by atomic mass is 19.2. The third-order valence-electron chi connectivity index (χ3n) is 7.72. The van der Waals surface area contributed by atoms with Crippen LogP contribution in [-0.2, 0) is 15.0 Å². The molecule has 3 aromatic rings. The summed E-state index contributed by atoms with van der Waals surface area (Å²) in [5, 5.41) is 12.8. The van der Waals surface area contributed by atoms with Gasteiger partial charge < -0.3 is 20.1 Å². The van der Waals surface area contributed by atoms with Crippen molar-refractivity contribution >= 4 is 34.3 Å². The number of nitriles is 1. The van der Waals surface area contributed by atoms with Gasteiger partial charge in [0, 0.05) is 36.6 Å². The number of hydrogen-bond donors (Lipinski definition) is 2. The molecule has 2 aliphatic rings. The van der Waals surface area contributed by atoms with Gasteiger partial charge in [0.15, 0.2) is 11.6 Å². The fourth-order valence-corrected chi connectivity index (χ4v) is 5.74. The Morgan fingerprint density at radius 3 is 2.64 bits per heavy atom. The number of hydrogen-bond acceptors (Lipinski definition) is 4. The van der Waals surface area contributed by atoms with Gasteiger partial charge in [-0.3, -0.25) is 14.4 Å². The zero-order valence-electron chi connectivity index (χ0n) is 22.1. The van der Waals surface area contributed by atoms with E-state index in [9.17, 15) is 28.4 Å². The minimum atomic E-state index is -1.07. The number of halogens is 2. The number of para-hydroxylation sites is 1. The standard InChI is InChI=1S/C29H29F2N5O3/c1-28(2,3)13-23(35(4)25(37)22-11-17-20(33-22)10-9-19(30)24(17)31)26(38)36-15-29(12-16(36)14-32)18-7-5-6-8-21(18)34-27(29)39/h5-11,16,23,33H,12-13,15H2,1-4H3,(H,34,39)/t16-,23?,29-/m0/s1. The smallest absolute Gasteiger partial charge is 0.270 e. The fraction of sp³-hybridized carbons (Fsp3) is 0.379. The van der Waals surface area contributed by atoms with Crippen LogP contribution in [0.1, 0.15) is 49.7 Å². The highest BCUT2D eigenvalue weighted by Crippen LogP contribution is 2.46. The van der Waals surface area contributed by atoms with Gasteiger partial charge in [-0.25, -0.2) is 8.78 Å². The van der Waals surface area contributed by atoms with Crippen LogP contribution < -0.4 is 5.32 Å². The van der Waals surface area contributed by atoms with Crippen LogP contribution in [0.2, 0.25) is 0 Å². The summed E-state index contributed by atoms with van der Waals surface area (Å²) in [5.74, 6) is -3.39. The average Bonchev–Trinajstić information content (AvgIpc) is 3.58. The summed E-state index contributed by atoms with van der Waals surface area (Å²) in [4.78, 5) is 46.3. The Morgan fingerprint density at radius 1 is 1.23 bits per heavy atom. The van der Waals surface area contributed by atoms with Gasteiger partial charge in [0.05, 0.1) is 11.5 Å². The molecule has 3 amide bonds. The molecule has 0 radical (unpaired) electrons. The van der Waals surface area contributed by atoms with Crippen LogP contribution in [0.4, 0.5) is 14.5 Å². The summed E-state index contributed by atoms with van der Waals surface area (Å²) in [6.45, 7) is 5.80. The largest absolute Gasteiger partial charge is 0.350 e. The molecule has 0 aliphatic carbocycles. The van der Waals surface area contributed by atoms with E-state index in [1.165, 1.54) is 29.0 Å². The summed E-state index contributed by atoms with van der Waals surface area (Å²) < 4.78 is 28.0. The van der Waals surface area contributed by atoms with Crippen LogP contribution in [-0.4, -0.2) is 58.2 Å². The van der Waals surface area contributed by atoms with E-state index in [2.05, 4.69) is 16.4 Å². The molecule has 5 rings (SSSR count). The van der Waals surface area contributed by atoms with E-state index >= 15 is 0 Å². The van der Waals surface area contributed by atoms with Crippen LogP contribution >= 0.6 is 0 Å². The number of carbonyl (C=O) groups excluding carboxylic acids is 3. The Labute approximate surface area is 224 Å². The predicted octanol–water partition coefficient (Wildman–Crippen LogP) is 4.34. The van der Waals surface area contributed by atoms with Crippen LogP contribution in [0.15, 0.2) is 42.5 Å². The van der Waals surface area contributed by atoms with Gasteiger partial charge >= 0.3 is 0 Å². The molecule has 0 saturated carbocycles. The van der Waals surface area contributed by atoms with Crippen molar-refractivity contribution in [2.45, 2.75) is 51.1 Å². The molecule has 3 atom stereocenters. The quantitative estimate of drug-likeness (QED) is 0.520. The maximum atomic E-state index is 14.3. The number of nitrogens with one attached hydrogen (secondary N) is 2. The van der Waals surface area contributed by atoms with E-state index < -0.39 is 40.9 Å². The summed E-state index contributed by atoms with van der Waals surface area (Å²) >= 11 is 0. The monoisotopic (exact) mass is 533 g/mol. The van der Waals surface area contributed by atoms with Crippen LogP contribution in [0.25, 0.3) is 10.9 Å². The molecule has 202 valence electrons. The van der Waals surface area contributed by atoms with Gasteiger partial charge in [-0.15, -0.1) is 0 Å². The fourth-order valence-electron chi connectivity index (χ4n) is 5.74. The van der Waals surface area contributed by atoms with Crippen LogP contribution in [0.3, 0.4) is 0 Å². The Balaban J connectivity index is 1.49. The topological polar surface area (TPSA) is 109 Å². The zero-order valence-corrected chi connectivity index (χ0v) is 22.1. The number of aromatic amines is 1. The van der Waals surface area contributed by atoms with Gasteiger partial charge in [-0.2, -0.15) is 5.26 Å². The molecule has 39 heavy (non-hydrogen) atoms.